The number of rotatable bonds is 5. The van der Waals surface area contributed by atoms with E-state index >= 15 is 0 Å². The molecule has 0 aliphatic rings. The highest BCUT2D eigenvalue weighted by Gasteiger charge is 2.26. The first-order valence-corrected chi connectivity index (χ1v) is 7.85. The molecule has 1 N–H and O–H groups in total. The van der Waals surface area contributed by atoms with Crippen molar-refractivity contribution in [1.82, 2.24) is 4.90 Å². The molecule has 0 aromatic heterocycles. The number of benzene rings is 2. The Bertz CT molecular complexity index is 665. The summed E-state index contributed by atoms with van der Waals surface area (Å²) in [5.41, 5.74) is 0.924. The van der Waals surface area contributed by atoms with E-state index < -0.39 is 6.09 Å². The number of ether oxygens (including phenoxy) is 2. The van der Waals surface area contributed by atoms with Gasteiger partial charge in [-0.3, -0.25) is 4.90 Å². The molecule has 0 aliphatic heterocycles. The minimum atomic E-state index is -0.421. The van der Waals surface area contributed by atoms with Crippen LogP contribution in [0.3, 0.4) is 0 Å². The van der Waals surface area contributed by atoms with Gasteiger partial charge in [-0.05, 0) is 62.7 Å². The number of methoxy groups -OCH3 is 1. The third-order valence-electron chi connectivity index (χ3n) is 3.82. The summed E-state index contributed by atoms with van der Waals surface area (Å²) >= 11 is 0. The molecule has 2 aromatic carbocycles. The average molecular weight is 329 g/mol. The van der Waals surface area contributed by atoms with Gasteiger partial charge in [-0.1, -0.05) is 12.1 Å². The van der Waals surface area contributed by atoms with Gasteiger partial charge in [-0.15, -0.1) is 0 Å². The van der Waals surface area contributed by atoms with Gasteiger partial charge in [0.1, 0.15) is 17.2 Å². The fraction of sp³-hybridized carbons (Fsp3) is 0.316. The van der Waals surface area contributed by atoms with Gasteiger partial charge in [-0.25, -0.2) is 4.79 Å². The standard InChI is InChI=1S/C19H23NO4/c1-13(2)20(14(3)15-5-7-16(21)8-6-15)19(22)24-18-11-9-17(23-4)10-12-18/h5-14,21H,1-4H3. The zero-order valence-electron chi connectivity index (χ0n) is 14.4. The Hall–Kier alpha value is -2.69. The zero-order chi connectivity index (χ0) is 17.7. The smallest absolute Gasteiger partial charge is 0.415 e. The molecule has 0 radical (unpaired) electrons. The lowest BCUT2D eigenvalue weighted by Gasteiger charge is -2.32. The normalized spacial score (nSPS) is 11.9. The third kappa shape index (κ3) is 4.19. The molecule has 0 aliphatic carbocycles. The van der Waals surface area contributed by atoms with Gasteiger partial charge in [0.05, 0.1) is 13.2 Å². The second-order valence-corrected chi connectivity index (χ2v) is 5.81. The summed E-state index contributed by atoms with van der Waals surface area (Å²) in [5.74, 6) is 1.36. The first-order valence-electron chi connectivity index (χ1n) is 7.85. The van der Waals surface area contributed by atoms with Crippen molar-refractivity contribution >= 4 is 6.09 Å². The van der Waals surface area contributed by atoms with Crippen LogP contribution in [0.25, 0.3) is 0 Å². The maximum absolute atomic E-state index is 12.6. The van der Waals surface area contributed by atoms with Gasteiger partial charge in [0.15, 0.2) is 0 Å². The van der Waals surface area contributed by atoms with Crippen molar-refractivity contribution in [1.29, 1.82) is 0 Å². The monoisotopic (exact) mass is 329 g/mol. The highest BCUT2D eigenvalue weighted by molar-refractivity contribution is 5.71. The lowest BCUT2D eigenvalue weighted by atomic mass is 10.1. The molecule has 5 nitrogen and oxygen atoms in total. The molecule has 2 aromatic rings. The van der Waals surface area contributed by atoms with Crippen LogP contribution in [0, 0.1) is 0 Å². The Labute approximate surface area is 142 Å². The minimum absolute atomic E-state index is 0.0421. The minimum Gasteiger partial charge on any atom is -0.508 e. The second kappa shape index (κ2) is 7.73. The lowest BCUT2D eigenvalue weighted by Crippen LogP contribution is -2.40. The number of aromatic hydroxyl groups is 1. The van der Waals surface area contributed by atoms with Gasteiger partial charge in [-0.2, -0.15) is 0 Å². The number of hydrogen-bond acceptors (Lipinski definition) is 4. The van der Waals surface area contributed by atoms with Crippen LogP contribution in [0.1, 0.15) is 32.4 Å². The number of amides is 1. The van der Waals surface area contributed by atoms with Crippen molar-refractivity contribution in [3.8, 4) is 17.2 Å². The first-order chi connectivity index (χ1) is 11.4. The molecule has 1 unspecified atom stereocenters. The molecule has 0 saturated carbocycles. The van der Waals surface area contributed by atoms with E-state index in [0.29, 0.717) is 11.5 Å². The van der Waals surface area contributed by atoms with E-state index in [1.54, 1.807) is 60.5 Å². The highest BCUT2D eigenvalue weighted by Crippen LogP contribution is 2.26. The van der Waals surface area contributed by atoms with Crippen LogP contribution in [0.5, 0.6) is 17.2 Å². The fourth-order valence-corrected chi connectivity index (χ4v) is 2.53. The van der Waals surface area contributed by atoms with Crippen molar-refractivity contribution in [3.63, 3.8) is 0 Å². The van der Waals surface area contributed by atoms with Crippen molar-refractivity contribution < 1.29 is 19.4 Å². The summed E-state index contributed by atoms with van der Waals surface area (Å²) in [7, 11) is 1.58. The molecule has 0 bridgehead atoms. The van der Waals surface area contributed by atoms with Gasteiger partial charge < -0.3 is 14.6 Å². The number of phenolic OH excluding ortho intramolecular Hbond substituents is 1. The van der Waals surface area contributed by atoms with Gasteiger partial charge in [0, 0.05) is 6.04 Å². The Morgan fingerprint density at radius 3 is 2.00 bits per heavy atom. The number of nitrogens with zero attached hydrogens (tertiary/aromatic N) is 1. The molecule has 0 saturated heterocycles. The van der Waals surface area contributed by atoms with E-state index in [1.807, 2.05) is 20.8 Å². The Morgan fingerprint density at radius 2 is 1.50 bits per heavy atom. The number of carbonyl (C=O) groups excluding carboxylic acids is 1. The summed E-state index contributed by atoms with van der Waals surface area (Å²) in [6.07, 6.45) is -0.421. The quantitative estimate of drug-likeness (QED) is 0.885. The van der Waals surface area contributed by atoms with Crippen LogP contribution in [0.4, 0.5) is 4.79 Å². The maximum Gasteiger partial charge on any atom is 0.415 e. The molecule has 0 spiro atoms. The van der Waals surface area contributed by atoms with E-state index in [0.717, 1.165) is 5.56 Å². The molecule has 1 atom stereocenters. The topological polar surface area (TPSA) is 59.0 Å². The molecule has 1 amide bonds. The summed E-state index contributed by atoms with van der Waals surface area (Å²) in [5, 5.41) is 9.42. The summed E-state index contributed by atoms with van der Waals surface area (Å²) in [6, 6.07) is 13.5. The van der Waals surface area contributed by atoms with Crippen molar-refractivity contribution in [3.05, 3.63) is 54.1 Å². The average Bonchev–Trinajstić information content (AvgIpc) is 2.56. The van der Waals surface area contributed by atoms with Crippen LogP contribution < -0.4 is 9.47 Å². The van der Waals surface area contributed by atoms with Crippen LogP contribution in [0.2, 0.25) is 0 Å². The molecular weight excluding hydrogens is 306 g/mol. The fourth-order valence-electron chi connectivity index (χ4n) is 2.53. The molecular formula is C19H23NO4. The predicted octanol–water partition coefficient (Wildman–Crippen LogP) is 4.37. The number of hydrogen-bond donors (Lipinski definition) is 1. The van der Waals surface area contributed by atoms with Gasteiger partial charge in [0.25, 0.3) is 0 Å². The highest BCUT2D eigenvalue weighted by atomic mass is 16.6. The molecule has 128 valence electrons. The van der Waals surface area contributed by atoms with E-state index in [9.17, 15) is 9.90 Å². The Kier molecular flexibility index (Phi) is 5.68. The van der Waals surface area contributed by atoms with E-state index in [2.05, 4.69) is 0 Å². The summed E-state index contributed by atoms with van der Waals surface area (Å²) in [4.78, 5) is 14.3. The number of carbonyl (C=O) groups is 1. The molecule has 2 rings (SSSR count). The SMILES string of the molecule is COc1ccc(OC(=O)N(C(C)C)C(C)c2ccc(O)cc2)cc1. The zero-order valence-corrected chi connectivity index (χ0v) is 14.4. The van der Waals surface area contributed by atoms with Crippen molar-refractivity contribution in [2.75, 3.05) is 7.11 Å². The van der Waals surface area contributed by atoms with Crippen LogP contribution >= 0.6 is 0 Å². The Morgan fingerprint density at radius 1 is 0.958 bits per heavy atom. The maximum atomic E-state index is 12.6. The van der Waals surface area contributed by atoms with Crippen molar-refractivity contribution in [2.45, 2.75) is 32.9 Å². The van der Waals surface area contributed by atoms with Crippen molar-refractivity contribution in [2.24, 2.45) is 0 Å². The lowest BCUT2D eigenvalue weighted by molar-refractivity contribution is 0.118. The number of phenols is 1. The van der Waals surface area contributed by atoms with Gasteiger partial charge >= 0.3 is 6.09 Å². The molecule has 5 heteroatoms. The third-order valence-corrected chi connectivity index (χ3v) is 3.82. The second-order valence-electron chi connectivity index (χ2n) is 5.81. The van der Waals surface area contributed by atoms with E-state index in [4.69, 9.17) is 9.47 Å². The van der Waals surface area contributed by atoms with Crippen LogP contribution in [-0.4, -0.2) is 29.3 Å². The van der Waals surface area contributed by atoms with Crippen LogP contribution in [-0.2, 0) is 0 Å². The van der Waals surface area contributed by atoms with Gasteiger partial charge in [0.2, 0.25) is 0 Å². The molecule has 0 fully saturated rings. The van der Waals surface area contributed by atoms with Crippen LogP contribution in [0.15, 0.2) is 48.5 Å². The van der Waals surface area contributed by atoms with E-state index in [-0.39, 0.29) is 17.8 Å². The summed E-state index contributed by atoms with van der Waals surface area (Å²) in [6.45, 7) is 5.81. The molecule has 24 heavy (non-hydrogen) atoms. The summed E-state index contributed by atoms with van der Waals surface area (Å²) < 4.78 is 10.6. The molecule has 0 heterocycles. The Balaban J connectivity index is 2.16. The first kappa shape index (κ1) is 17.7. The predicted molar refractivity (Wildman–Crippen MR) is 92.5 cm³/mol. The largest absolute Gasteiger partial charge is 0.508 e. The van der Waals surface area contributed by atoms with E-state index in [1.165, 1.54) is 0 Å².